The molecule has 0 aliphatic carbocycles. The van der Waals surface area contributed by atoms with Crippen molar-refractivity contribution < 1.29 is 19.0 Å². The number of cyclic esters (lactones) is 1. The summed E-state index contributed by atoms with van der Waals surface area (Å²) in [7, 11) is 0. The quantitative estimate of drug-likeness (QED) is 0.214. The molecule has 0 amide bonds. The molecule has 0 aromatic heterocycles. The van der Waals surface area contributed by atoms with Gasteiger partial charge in [0, 0.05) is 18.6 Å². The molecular formula is C14H25N3O4S. The van der Waals surface area contributed by atoms with Crippen LogP contribution in [0.25, 0.3) is 0 Å². The Morgan fingerprint density at radius 3 is 2.91 bits per heavy atom. The fraction of sp³-hybridized carbons (Fsp3) is 0.786. The molecule has 0 aromatic carbocycles. The first-order valence-corrected chi connectivity index (χ1v) is 7.77. The summed E-state index contributed by atoms with van der Waals surface area (Å²) in [5, 5.41) is 4.09. The normalized spacial score (nSPS) is 22.0. The molecule has 2 unspecified atom stereocenters. The first kappa shape index (κ1) is 18.8. The Kier molecular flexibility index (Phi) is 8.29. The number of carbonyl (C=O) groups is 1. The summed E-state index contributed by atoms with van der Waals surface area (Å²) in [6.45, 7) is 7.18. The number of rotatable bonds is 9. The van der Waals surface area contributed by atoms with Gasteiger partial charge in [0.25, 0.3) is 0 Å². The van der Waals surface area contributed by atoms with E-state index in [1.54, 1.807) is 0 Å². The maximum atomic E-state index is 11.8. The summed E-state index contributed by atoms with van der Waals surface area (Å²) >= 11 is 4.66. The van der Waals surface area contributed by atoms with Gasteiger partial charge in [-0.3, -0.25) is 10.2 Å². The molecule has 1 fully saturated rings. The number of carbonyl (C=O) groups excluding carboxylic acids is 1. The summed E-state index contributed by atoms with van der Waals surface area (Å²) in [6.07, 6.45) is 1.13. The first-order valence-electron chi connectivity index (χ1n) is 7.37. The molecule has 0 spiro atoms. The van der Waals surface area contributed by atoms with Gasteiger partial charge in [0.05, 0.1) is 31.8 Å². The molecule has 0 radical (unpaired) electrons. The minimum atomic E-state index is -0.211. The lowest BCUT2D eigenvalue weighted by Crippen LogP contribution is -2.25. The predicted molar refractivity (Wildman–Crippen MR) is 87.5 cm³/mol. The van der Waals surface area contributed by atoms with Crippen LogP contribution in [0.2, 0.25) is 0 Å². The zero-order chi connectivity index (χ0) is 16.5. The average Bonchev–Trinajstić information content (AvgIpc) is 2.76. The van der Waals surface area contributed by atoms with Gasteiger partial charge in [-0.2, -0.15) is 5.10 Å². The molecule has 0 aromatic rings. The highest BCUT2D eigenvalue weighted by Crippen LogP contribution is 2.24. The molecule has 1 aliphatic rings. The van der Waals surface area contributed by atoms with E-state index in [2.05, 4.69) is 22.7 Å². The molecule has 1 aliphatic heterocycles. The first-order chi connectivity index (χ1) is 10.4. The Hall–Kier alpha value is -1.25. The summed E-state index contributed by atoms with van der Waals surface area (Å²) in [6, 6.07) is 0. The zero-order valence-electron chi connectivity index (χ0n) is 13.3. The summed E-state index contributed by atoms with van der Waals surface area (Å²) < 4.78 is 16.1. The fourth-order valence-electron chi connectivity index (χ4n) is 2.10. The van der Waals surface area contributed by atoms with E-state index in [1.807, 2.05) is 20.8 Å². The van der Waals surface area contributed by atoms with E-state index in [-0.39, 0.29) is 29.2 Å². The van der Waals surface area contributed by atoms with Crippen LogP contribution in [0.3, 0.4) is 0 Å². The number of hydrogen-bond donors (Lipinski definition) is 2. The van der Waals surface area contributed by atoms with Gasteiger partial charge in [-0.05, 0) is 33.0 Å². The lowest BCUT2D eigenvalue weighted by atomic mass is 9.99. The summed E-state index contributed by atoms with van der Waals surface area (Å²) in [5.74, 6) is -0.408. The van der Waals surface area contributed by atoms with Crippen LogP contribution in [-0.4, -0.2) is 48.8 Å². The lowest BCUT2D eigenvalue weighted by molar-refractivity contribution is -0.146. The second-order valence-corrected chi connectivity index (χ2v) is 5.95. The molecular weight excluding hydrogens is 306 g/mol. The standard InChI is InChI=1S/C14H25N3O4S/c1-9(2)20-5-4-19-8-12-7-11(13(18)21-12)6-10(3)16-17-14(15)22/h9,11-12H,4-8H2,1-3H3,(H3,15,17,22). The minimum absolute atomic E-state index is 0.100. The molecule has 126 valence electrons. The van der Waals surface area contributed by atoms with Gasteiger partial charge in [-0.15, -0.1) is 0 Å². The van der Waals surface area contributed by atoms with Crippen molar-refractivity contribution >= 4 is 29.0 Å². The molecule has 22 heavy (non-hydrogen) atoms. The molecule has 0 bridgehead atoms. The van der Waals surface area contributed by atoms with Crippen molar-refractivity contribution in [3.63, 3.8) is 0 Å². The average molecular weight is 331 g/mol. The number of nitrogens with one attached hydrogen (secondary N) is 1. The number of thiocarbonyl (C=S) groups is 1. The van der Waals surface area contributed by atoms with Crippen LogP contribution in [0.15, 0.2) is 5.10 Å². The largest absolute Gasteiger partial charge is 0.460 e. The predicted octanol–water partition coefficient (Wildman–Crippen LogP) is 0.959. The van der Waals surface area contributed by atoms with E-state index in [9.17, 15) is 4.79 Å². The summed E-state index contributed by atoms with van der Waals surface area (Å²) in [4.78, 5) is 11.8. The SMILES string of the molecule is CC(CC1CC(COCCOC(C)C)OC1=O)=NNC(N)=S. The van der Waals surface area contributed by atoms with Crippen LogP contribution in [-0.2, 0) is 19.0 Å². The van der Waals surface area contributed by atoms with Crippen LogP contribution in [0.5, 0.6) is 0 Å². The van der Waals surface area contributed by atoms with Gasteiger partial charge < -0.3 is 19.9 Å². The number of nitrogens with two attached hydrogens (primary N) is 1. The van der Waals surface area contributed by atoms with Crippen LogP contribution in [0, 0.1) is 5.92 Å². The van der Waals surface area contributed by atoms with E-state index in [4.69, 9.17) is 19.9 Å². The Balaban J connectivity index is 2.25. The maximum absolute atomic E-state index is 11.8. The van der Waals surface area contributed by atoms with Crippen LogP contribution in [0.4, 0.5) is 0 Å². The van der Waals surface area contributed by atoms with Crippen molar-refractivity contribution in [2.75, 3.05) is 19.8 Å². The molecule has 8 heteroatoms. The van der Waals surface area contributed by atoms with E-state index >= 15 is 0 Å². The Bertz CT molecular complexity index is 415. The molecule has 2 atom stereocenters. The van der Waals surface area contributed by atoms with Gasteiger partial charge in [0.15, 0.2) is 5.11 Å². The third-order valence-electron chi connectivity index (χ3n) is 3.04. The van der Waals surface area contributed by atoms with Gasteiger partial charge in [-0.25, -0.2) is 0 Å². The number of hydrazone groups is 1. The van der Waals surface area contributed by atoms with Crippen LogP contribution < -0.4 is 11.2 Å². The van der Waals surface area contributed by atoms with Gasteiger partial charge in [0.2, 0.25) is 0 Å². The third kappa shape index (κ3) is 7.67. The van der Waals surface area contributed by atoms with Crippen LogP contribution >= 0.6 is 12.2 Å². The van der Waals surface area contributed by atoms with Crippen molar-refractivity contribution in [2.45, 2.75) is 45.8 Å². The highest BCUT2D eigenvalue weighted by atomic mass is 32.1. The number of hydrogen-bond acceptors (Lipinski definition) is 6. The Morgan fingerprint density at radius 2 is 2.27 bits per heavy atom. The maximum Gasteiger partial charge on any atom is 0.309 e. The third-order valence-corrected chi connectivity index (χ3v) is 3.14. The van der Waals surface area contributed by atoms with Gasteiger partial charge in [0.1, 0.15) is 6.10 Å². The highest BCUT2D eigenvalue weighted by Gasteiger charge is 2.34. The summed E-state index contributed by atoms with van der Waals surface area (Å²) in [5.41, 5.74) is 8.55. The van der Waals surface area contributed by atoms with E-state index in [0.29, 0.717) is 32.7 Å². The highest BCUT2D eigenvalue weighted by molar-refractivity contribution is 7.80. The smallest absolute Gasteiger partial charge is 0.309 e. The van der Waals surface area contributed by atoms with Gasteiger partial charge in [-0.1, -0.05) is 0 Å². The van der Waals surface area contributed by atoms with Crippen molar-refractivity contribution in [3.05, 3.63) is 0 Å². The zero-order valence-corrected chi connectivity index (χ0v) is 14.1. The number of ether oxygens (including phenoxy) is 3. The molecule has 1 heterocycles. The Morgan fingerprint density at radius 1 is 1.55 bits per heavy atom. The Labute approximate surface area is 136 Å². The lowest BCUT2D eigenvalue weighted by Gasteiger charge is -2.11. The van der Waals surface area contributed by atoms with Crippen molar-refractivity contribution in [3.8, 4) is 0 Å². The monoisotopic (exact) mass is 331 g/mol. The number of esters is 1. The second-order valence-electron chi connectivity index (χ2n) is 5.51. The molecule has 7 nitrogen and oxygen atoms in total. The van der Waals surface area contributed by atoms with Crippen LogP contribution in [0.1, 0.15) is 33.6 Å². The van der Waals surface area contributed by atoms with Crippen molar-refractivity contribution in [1.29, 1.82) is 0 Å². The van der Waals surface area contributed by atoms with E-state index in [0.717, 1.165) is 5.71 Å². The van der Waals surface area contributed by atoms with E-state index < -0.39 is 0 Å². The molecule has 1 saturated heterocycles. The van der Waals surface area contributed by atoms with Crippen molar-refractivity contribution in [2.24, 2.45) is 16.8 Å². The van der Waals surface area contributed by atoms with Gasteiger partial charge >= 0.3 is 5.97 Å². The molecule has 1 rings (SSSR count). The second kappa shape index (κ2) is 9.70. The fourth-order valence-corrected chi connectivity index (χ4v) is 2.15. The minimum Gasteiger partial charge on any atom is -0.460 e. The molecule has 0 saturated carbocycles. The van der Waals surface area contributed by atoms with E-state index in [1.165, 1.54) is 0 Å². The topological polar surface area (TPSA) is 95.2 Å². The van der Waals surface area contributed by atoms with Crippen molar-refractivity contribution in [1.82, 2.24) is 5.43 Å². The molecule has 3 N–H and O–H groups in total. The number of nitrogens with zero attached hydrogens (tertiary/aromatic N) is 1.